The summed E-state index contributed by atoms with van der Waals surface area (Å²) in [6, 6.07) is 10.9. The van der Waals surface area contributed by atoms with Crippen LogP contribution in [0.1, 0.15) is 73.1 Å². The first kappa shape index (κ1) is 36.0. The van der Waals surface area contributed by atoms with E-state index in [0.717, 1.165) is 4.68 Å². The predicted molar refractivity (Wildman–Crippen MR) is 169 cm³/mol. The van der Waals surface area contributed by atoms with Crippen molar-refractivity contribution in [3.63, 3.8) is 0 Å². The molecule has 0 fully saturated rings. The number of hydrogen-bond donors (Lipinski definition) is 0. The van der Waals surface area contributed by atoms with Crippen LogP contribution in [0, 0.1) is 0 Å². The van der Waals surface area contributed by atoms with E-state index >= 15 is 0 Å². The van der Waals surface area contributed by atoms with Gasteiger partial charge in [0.05, 0.1) is 28.3 Å². The van der Waals surface area contributed by atoms with Gasteiger partial charge in [-0.15, -0.1) is 5.10 Å². The third-order valence-corrected chi connectivity index (χ3v) is 8.63. The standard InChI is InChI=1S/C33H28ClF6N5O3Si/c1-30(2,3)49-48-31(4,5)29-24(25(43-47-29)22-10-6-7-11-23(22)34)28(46)26-27(19-9-8-12-41-16-19)45(44-42-26)17-18-13-20(32(35,36)37)15-21(14-18)33(38,39)40/h6-16H,17H2,1-5H3. The SMILES string of the molecule is CC(C)(C)[Si]OC(C)(C)c1onc(-c2ccccc2Cl)c1C(=O)c1nnn(Cc2cc(C(F)(F)F)cc(C(F)(F)F)c2)c1-c1cccnc1. The van der Waals surface area contributed by atoms with Crippen molar-refractivity contribution >= 4 is 27.1 Å². The van der Waals surface area contributed by atoms with Gasteiger partial charge in [0.25, 0.3) is 0 Å². The topological polar surface area (TPSA) is 95.9 Å². The Morgan fingerprint density at radius 1 is 0.939 bits per heavy atom. The number of ketones is 1. The highest BCUT2D eigenvalue weighted by molar-refractivity contribution is 6.33. The molecule has 0 bridgehead atoms. The normalized spacial score (nSPS) is 12.8. The Kier molecular flexibility index (Phi) is 9.66. The van der Waals surface area contributed by atoms with Crippen molar-refractivity contribution in [3.8, 4) is 22.5 Å². The lowest BCUT2D eigenvalue weighted by Crippen LogP contribution is -2.29. The van der Waals surface area contributed by atoms with E-state index in [9.17, 15) is 31.1 Å². The highest BCUT2D eigenvalue weighted by Gasteiger charge is 2.40. The molecule has 3 aromatic heterocycles. The van der Waals surface area contributed by atoms with Crippen molar-refractivity contribution in [1.29, 1.82) is 0 Å². The fraction of sp³-hybridized carbons (Fsp3) is 0.303. The number of hydrogen-bond acceptors (Lipinski definition) is 7. The molecule has 5 rings (SSSR count). The van der Waals surface area contributed by atoms with E-state index in [0.29, 0.717) is 17.7 Å². The first-order chi connectivity index (χ1) is 22.8. The number of nitrogens with zero attached hydrogens (tertiary/aromatic N) is 5. The maximum atomic E-state index is 14.7. The maximum Gasteiger partial charge on any atom is 0.416 e. The minimum Gasteiger partial charge on any atom is -0.405 e. The van der Waals surface area contributed by atoms with Crippen LogP contribution in [0.2, 0.25) is 10.1 Å². The number of carbonyl (C=O) groups excluding carboxylic acids is 1. The zero-order chi connectivity index (χ0) is 35.9. The molecule has 0 N–H and O–H groups in total. The molecule has 2 radical (unpaired) electrons. The predicted octanol–water partition coefficient (Wildman–Crippen LogP) is 9.05. The summed E-state index contributed by atoms with van der Waals surface area (Å²) in [6.45, 7) is 8.72. The van der Waals surface area contributed by atoms with E-state index in [1.165, 1.54) is 18.5 Å². The Morgan fingerprint density at radius 2 is 1.59 bits per heavy atom. The van der Waals surface area contributed by atoms with E-state index < -0.39 is 41.4 Å². The smallest absolute Gasteiger partial charge is 0.405 e. The number of halogens is 7. The summed E-state index contributed by atoms with van der Waals surface area (Å²) < 4.78 is 95.0. The number of benzene rings is 2. The van der Waals surface area contributed by atoms with Crippen molar-refractivity contribution < 1.29 is 40.1 Å². The highest BCUT2D eigenvalue weighted by Crippen LogP contribution is 2.40. The molecule has 5 aromatic rings. The number of rotatable bonds is 9. The average molecular weight is 720 g/mol. The third-order valence-electron chi connectivity index (χ3n) is 7.07. The first-order valence-corrected chi connectivity index (χ1v) is 15.9. The molecule has 256 valence electrons. The van der Waals surface area contributed by atoms with Gasteiger partial charge in [-0.05, 0) is 60.8 Å². The Bertz CT molecular complexity index is 1950. The molecule has 2 aromatic carbocycles. The van der Waals surface area contributed by atoms with Gasteiger partial charge in [-0.25, -0.2) is 4.68 Å². The van der Waals surface area contributed by atoms with E-state index in [1.54, 1.807) is 44.2 Å². The van der Waals surface area contributed by atoms with Crippen LogP contribution in [0.5, 0.6) is 0 Å². The summed E-state index contributed by atoms with van der Waals surface area (Å²) >= 11 is 6.51. The molecule has 0 aliphatic heterocycles. The van der Waals surface area contributed by atoms with E-state index in [1.807, 2.05) is 20.8 Å². The minimum absolute atomic E-state index is 0.0170. The van der Waals surface area contributed by atoms with E-state index in [2.05, 4.69) is 20.5 Å². The average Bonchev–Trinajstić information content (AvgIpc) is 3.65. The van der Waals surface area contributed by atoms with Gasteiger partial charge in [0.1, 0.15) is 17.0 Å². The third kappa shape index (κ3) is 7.94. The van der Waals surface area contributed by atoms with Gasteiger partial charge in [0.15, 0.2) is 11.5 Å². The fourth-order valence-electron chi connectivity index (χ4n) is 4.84. The largest absolute Gasteiger partial charge is 0.416 e. The summed E-state index contributed by atoms with van der Waals surface area (Å²) in [5.41, 5.74) is -4.25. The lowest BCUT2D eigenvalue weighted by Gasteiger charge is -2.27. The Morgan fingerprint density at radius 3 is 2.16 bits per heavy atom. The van der Waals surface area contributed by atoms with Crippen LogP contribution in [-0.2, 0) is 28.9 Å². The number of aromatic nitrogens is 5. The molecule has 0 unspecified atom stereocenters. The second-order valence-corrected chi connectivity index (χ2v) is 14.9. The molecule has 3 heterocycles. The number of pyridine rings is 1. The van der Waals surface area contributed by atoms with E-state index in [4.69, 9.17) is 20.6 Å². The first-order valence-electron chi connectivity index (χ1n) is 14.6. The quantitative estimate of drug-likeness (QED) is 0.0852. The van der Waals surface area contributed by atoms with Gasteiger partial charge in [-0.2, -0.15) is 26.3 Å². The van der Waals surface area contributed by atoms with Crippen molar-refractivity contribution in [1.82, 2.24) is 25.1 Å². The van der Waals surface area contributed by atoms with Crippen LogP contribution in [0.3, 0.4) is 0 Å². The van der Waals surface area contributed by atoms with Crippen LogP contribution in [0.4, 0.5) is 26.3 Å². The zero-order valence-corrected chi connectivity index (χ0v) is 28.4. The molecule has 8 nitrogen and oxygen atoms in total. The Balaban J connectivity index is 1.70. The number of alkyl halides is 6. The van der Waals surface area contributed by atoms with Crippen LogP contribution < -0.4 is 0 Å². The second kappa shape index (κ2) is 13.2. The molecule has 0 saturated carbocycles. The van der Waals surface area contributed by atoms with Crippen molar-refractivity contribution in [3.05, 3.63) is 106 Å². The molecule has 49 heavy (non-hydrogen) atoms. The molecule has 0 aliphatic rings. The van der Waals surface area contributed by atoms with Crippen molar-refractivity contribution in [2.75, 3.05) is 0 Å². The monoisotopic (exact) mass is 719 g/mol. The fourth-order valence-corrected chi connectivity index (χ4v) is 5.72. The van der Waals surface area contributed by atoms with Crippen molar-refractivity contribution in [2.24, 2.45) is 0 Å². The van der Waals surface area contributed by atoms with Gasteiger partial charge in [-0.3, -0.25) is 9.78 Å². The summed E-state index contributed by atoms with van der Waals surface area (Å²) in [7, 11) is -0.0249. The van der Waals surface area contributed by atoms with Gasteiger partial charge < -0.3 is 8.95 Å². The van der Waals surface area contributed by atoms with E-state index in [-0.39, 0.29) is 65.4 Å². The molecular formula is C33H28ClF6N5O3Si. The van der Waals surface area contributed by atoms with Gasteiger partial charge in [0, 0.05) is 23.5 Å². The van der Waals surface area contributed by atoms with Crippen LogP contribution >= 0.6 is 11.6 Å². The molecule has 0 spiro atoms. The minimum atomic E-state index is -5.06. The molecular weight excluding hydrogens is 692 g/mol. The Hall–Kier alpha value is -4.34. The summed E-state index contributed by atoms with van der Waals surface area (Å²) in [6.07, 6.45) is -7.31. The summed E-state index contributed by atoms with van der Waals surface area (Å²) in [5.74, 6) is -0.712. The van der Waals surface area contributed by atoms with Gasteiger partial charge in [-0.1, -0.05) is 60.9 Å². The highest BCUT2D eigenvalue weighted by atomic mass is 35.5. The maximum absolute atomic E-state index is 14.7. The second-order valence-electron chi connectivity index (χ2n) is 12.6. The van der Waals surface area contributed by atoms with Crippen molar-refractivity contribution in [2.45, 2.75) is 64.2 Å². The molecule has 0 saturated heterocycles. The zero-order valence-electron chi connectivity index (χ0n) is 26.7. The molecule has 16 heteroatoms. The number of carbonyl (C=O) groups is 1. The summed E-state index contributed by atoms with van der Waals surface area (Å²) in [5, 5.41) is 12.4. The van der Waals surface area contributed by atoms with Crippen LogP contribution in [0.25, 0.3) is 22.5 Å². The summed E-state index contributed by atoms with van der Waals surface area (Å²) in [4.78, 5) is 18.8. The molecule has 0 atom stereocenters. The van der Waals surface area contributed by atoms with Crippen LogP contribution in [0.15, 0.2) is 71.5 Å². The van der Waals surface area contributed by atoms with Gasteiger partial charge >= 0.3 is 12.4 Å². The lowest BCUT2D eigenvalue weighted by molar-refractivity contribution is -0.143. The molecule has 0 amide bonds. The lowest BCUT2D eigenvalue weighted by atomic mass is 9.93. The molecule has 0 aliphatic carbocycles. The van der Waals surface area contributed by atoms with Crippen LogP contribution in [-0.4, -0.2) is 40.7 Å². The van der Waals surface area contributed by atoms with Gasteiger partial charge in [0.2, 0.25) is 15.5 Å². The Labute approximate surface area is 284 Å².